The fourth-order valence-corrected chi connectivity index (χ4v) is 1.14. The largest absolute Gasteiger partial charge is 0.460 e. The minimum atomic E-state index is -3.24. The summed E-state index contributed by atoms with van der Waals surface area (Å²) in [5.41, 5.74) is 0. The minimum Gasteiger partial charge on any atom is -0.460 e. The van der Waals surface area contributed by atoms with Gasteiger partial charge in [-0.25, -0.2) is 8.42 Å². The summed E-state index contributed by atoms with van der Waals surface area (Å²) >= 11 is 0. The van der Waals surface area contributed by atoms with Gasteiger partial charge in [0.25, 0.3) is 0 Å². The summed E-state index contributed by atoms with van der Waals surface area (Å²) in [6, 6.07) is 1.18. The zero-order valence-corrected chi connectivity index (χ0v) is 6.59. The molecule has 0 saturated heterocycles. The van der Waals surface area contributed by atoms with Crippen molar-refractivity contribution in [2.45, 2.75) is 4.90 Å². The zero-order chi connectivity index (χ0) is 8.48. The van der Waals surface area contributed by atoms with Crippen molar-refractivity contribution in [1.29, 1.82) is 0 Å². The first kappa shape index (κ1) is 8.00. The van der Waals surface area contributed by atoms with E-state index in [0.29, 0.717) is 6.29 Å². The van der Waals surface area contributed by atoms with Crippen LogP contribution in [0.25, 0.3) is 0 Å². The van der Waals surface area contributed by atoms with E-state index in [1.165, 1.54) is 6.07 Å². The van der Waals surface area contributed by atoms with Crippen LogP contribution in [-0.2, 0) is 9.84 Å². The van der Waals surface area contributed by atoms with Crippen LogP contribution in [-0.4, -0.2) is 21.0 Å². The summed E-state index contributed by atoms with van der Waals surface area (Å²) in [5, 5.41) is 0. The lowest BCUT2D eigenvalue weighted by atomic mass is 10.5. The van der Waals surface area contributed by atoms with Crippen molar-refractivity contribution in [1.82, 2.24) is 0 Å². The molecule has 0 amide bonds. The molecule has 0 aliphatic rings. The van der Waals surface area contributed by atoms with Gasteiger partial charge < -0.3 is 4.42 Å². The smallest absolute Gasteiger partial charge is 0.185 e. The van der Waals surface area contributed by atoms with E-state index in [1.54, 1.807) is 0 Å². The van der Waals surface area contributed by atoms with Gasteiger partial charge in [0, 0.05) is 12.3 Å². The third-order valence-corrected chi connectivity index (χ3v) is 2.21. The molecule has 0 atom stereocenters. The molecule has 0 saturated carbocycles. The number of furan rings is 1. The Hall–Kier alpha value is -1.10. The van der Waals surface area contributed by atoms with Gasteiger partial charge in [-0.2, -0.15) is 0 Å². The van der Waals surface area contributed by atoms with Crippen LogP contribution in [0.3, 0.4) is 0 Å². The lowest BCUT2D eigenvalue weighted by Crippen LogP contribution is -1.93. The molecule has 60 valence electrons. The molecule has 0 N–H and O–H groups in total. The van der Waals surface area contributed by atoms with Gasteiger partial charge >= 0.3 is 0 Å². The van der Waals surface area contributed by atoms with E-state index in [9.17, 15) is 13.2 Å². The van der Waals surface area contributed by atoms with Gasteiger partial charge in [0.2, 0.25) is 0 Å². The predicted octanol–water partition coefficient (Wildman–Crippen LogP) is 0.496. The SMILES string of the molecule is CS(=O)(=O)c1coc(C=O)c1. The van der Waals surface area contributed by atoms with Crippen molar-refractivity contribution in [3.63, 3.8) is 0 Å². The van der Waals surface area contributed by atoms with E-state index in [1.807, 2.05) is 0 Å². The first-order chi connectivity index (χ1) is 5.04. The van der Waals surface area contributed by atoms with Gasteiger partial charge in [0.05, 0.1) is 0 Å². The van der Waals surface area contributed by atoms with Crippen molar-refractivity contribution in [2.75, 3.05) is 6.26 Å². The number of sulfone groups is 1. The molecule has 5 heteroatoms. The first-order valence-corrected chi connectivity index (χ1v) is 4.67. The summed E-state index contributed by atoms with van der Waals surface area (Å²) in [7, 11) is -3.24. The molecule has 11 heavy (non-hydrogen) atoms. The van der Waals surface area contributed by atoms with Gasteiger partial charge in [0.15, 0.2) is 21.9 Å². The minimum absolute atomic E-state index is 0.0189. The van der Waals surface area contributed by atoms with Crippen molar-refractivity contribution >= 4 is 16.1 Å². The van der Waals surface area contributed by atoms with Gasteiger partial charge in [-0.05, 0) is 0 Å². The number of hydrogen-bond acceptors (Lipinski definition) is 4. The number of rotatable bonds is 2. The summed E-state index contributed by atoms with van der Waals surface area (Å²) in [5.74, 6) is 0.0189. The Morgan fingerprint density at radius 1 is 1.55 bits per heavy atom. The molecule has 1 aromatic heterocycles. The molecular formula is C6H6O4S. The summed E-state index contributed by atoms with van der Waals surface area (Å²) in [6.07, 6.45) is 2.54. The number of aldehydes is 1. The van der Waals surface area contributed by atoms with E-state index in [-0.39, 0.29) is 10.7 Å². The second kappa shape index (κ2) is 2.50. The van der Waals surface area contributed by atoms with Crippen LogP contribution < -0.4 is 0 Å². The maximum atomic E-state index is 10.8. The predicted molar refractivity (Wildman–Crippen MR) is 37.2 cm³/mol. The molecule has 0 radical (unpaired) electrons. The highest BCUT2D eigenvalue weighted by atomic mass is 32.2. The summed E-state index contributed by atoms with van der Waals surface area (Å²) < 4.78 is 26.2. The highest BCUT2D eigenvalue weighted by molar-refractivity contribution is 7.90. The highest BCUT2D eigenvalue weighted by Gasteiger charge is 2.10. The molecule has 1 aromatic rings. The molecule has 0 spiro atoms. The fourth-order valence-electron chi connectivity index (χ4n) is 0.591. The Morgan fingerprint density at radius 3 is 2.45 bits per heavy atom. The second-order valence-electron chi connectivity index (χ2n) is 2.07. The van der Waals surface area contributed by atoms with Crippen LogP contribution in [0.2, 0.25) is 0 Å². The normalized spacial score (nSPS) is 11.4. The molecule has 0 unspecified atom stereocenters. The van der Waals surface area contributed by atoms with Gasteiger partial charge in [0.1, 0.15) is 11.2 Å². The van der Waals surface area contributed by atoms with E-state index >= 15 is 0 Å². The Bertz CT molecular complexity index is 360. The van der Waals surface area contributed by atoms with E-state index < -0.39 is 9.84 Å². The molecule has 4 nitrogen and oxygen atoms in total. The fraction of sp³-hybridized carbons (Fsp3) is 0.167. The quantitative estimate of drug-likeness (QED) is 0.612. The van der Waals surface area contributed by atoms with Crippen molar-refractivity contribution in [2.24, 2.45) is 0 Å². The molecule has 0 fully saturated rings. The monoisotopic (exact) mass is 174 g/mol. The van der Waals surface area contributed by atoms with Gasteiger partial charge in [-0.3, -0.25) is 4.79 Å². The number of carbonyl (C=O) groups is 1. The topological polar surface area (TPSA) is 64.3 Å². The van der Waals surface area contributed by atoms with E-state index in [4.69, 9.17) is 0 Å². The van der Waals surface area contributed by atoms with Crippen molar-refractivity contribution in [3.05, 3.63) is 18.1 Å². The standard InChI is InChI=1S/C6H6O4S/c1-11(8,9)6-2-5(3-7)10-4-6/h2-4H,1H3. The maximum absolute atomic E-state index is 10.8. The Kier molecular flexibility index (Phi) is 1.82. The zero-order valence-electron chi connectivity index (χ0n) is 5.77. The number of carbonyl (C=O) groups excluding carboxylic acids is 1. The first-order valence-electron chi connectivity index (χ1n) is 2.78. The molecule has 1 heterocycles. The molecule has 0 aliphatic heterocycles. The van der Waals surface area contributed by atoms with Crippen LogP contribution in [0.4, 0.5) is 0 Å². The average Bonchev–Trinajstić information content (AvgIpc) is 2.32. The average molecular weight is 174 g/mol. The van der Waals surface area contributed by atoms with Gasteiger partial charge in [-0.1, -0.05) is 0 Å². The van der Waals surface area contributed by atoms with Crippen LogP contribution in [0.5, 0.6) is 0 Å². The van der Waals surface area contributed by atoms with Crippen LogP contribution in [0, 0.1) is 0 Å². The van der Waals surface area contributed by atoms with Crippen molar-refractivity contribution < 1.29 is 17.6 Å². The Labute approximate surface area is 63.7 Å². The van der Waals surface area contributed by atoms with E-state index in [0.717, 1.165) is 12.5 Å². The van der Waals surface area contributed by atoms with Crippen molar-refractivity contribution in [3.8, 4) is 0 Å². The lowest BCUT2D eigenvalue weighted by Gasteiger charge is -1.85. The molecule has 1 rings (SSSR count). The van der Waals surface area contributed by atoms with E-state index in [2.05, 4.69) is 4.42 Å². The Morgan fingerprint density at radius 2 is 2.18 bits per heavy atom. The van der Waals surface area contributed by atoms with Crippen LogP contribution in [0.1, 0.15) is 10.6 Å². The third kappa shape index (κ3) is 1.68. The lowest BCUT2D eigenvalue weighted by molar-refractivity contribution is 0.110. The molecular weight excluding hydrogens is 168 g/mol. The van der Waals surface area contributed by atoms with Crippen LogP contribution in [0.15, 0.2) is 21.6 Å². The summed E-state index contributed by atoms with van der Waals surface area (Å²) in [6.45, 7) is 0. The number of hydrogen-bond donors (Lipinski definition) is 0. The molecule has 0 bridgehead atoms. The van der Waals surface area contributed by atoms with Crippen LogP contribution >= 0.6 is 0 Å². The third-order valence-electron chi connectivity index (χ3n) is 1.14. The highest BCUT2D eigenvalue weighted by Crippen LogP contribution is 2.11. The molecule has 0 aliphatic carbocycles. The maximum Gasteiger partial charge on any atom is 0.185 e. The molecule has 0 aromatic carbocycles. The summed E-state index contributed by atoms with van der Waals surface area (Å²) in [4.78, 5) is 10.1. The Balaban J connectivity index is 3.18. The van der Waals surface area contributed by atoms with Gasteiger partial charge in [-0.15, -0.1) is 0 Å². The second-order valence-corrected chi connectivity index (χ2v) is 4.09.